The SMILES string of the molecule is COc1cc(C(=O)Nc2ccc(NC(=O)C3CC3)cc2C(F)(F)F)cc(OC)c1Br. The van der Waals surface area contributed by atoms with Crippen LogP contribution in [0.3, 0.4) is 0 Å². The van der Waals surface area contributed by atoms with E-state index in [0.717, 1.165) is 25.0 Å². The predicted molar refractivity (Wildman–Crippen MR) is 108 cm³/mol. The lowest BCUT2D eigenvalue weighted by atomic mass is 10.1. The molecule has 30 heavy (non-hydrogen) atoms. The minimum atomic E-state index is -4.74. The van der Waals surface area contributed by atoms with Gasteiger partial charge < -0.3 is 20.1 Å². The number of nitrogens with one attached hydrogen (secondary N) is 2. The molecule has 0 aromatic heterocycles. The fourth-order valence-electron chi connectivity index (χ4n) is 2.75. The van der Waals surface area contributed by atoms with Crippen molar-refractivity contribution in [3.8, 4) is 11.5 Å². The molecule has 2 N–H and O–H groups in total. The average molecular weight is 487 g/mol. The van der Waals surface area contributed by atoms with Gasteiger partial charge in [-0.2, -0.15) is 13.2 Å². The lowest BCUT2D eigenvalue weighted by Crippen LogP contribution is -2.18. The van der Waals surface area contributed by atoms with Gasteiger partial charge in [-0.15, -0.1) is 0 Å². The molecule has 0 spiro atoms. The molecule has 2 amide bonds. The molecule has 1 saturated carbocycles. The Morgan fingerprint density at radius 3 is 2.13 bits per heavy atom. The molecule has 0 radical (unpaired) electrons. The van der Waals surface area contributed by atoms with Gasteiger partial charge in [0.15, 0.2) is 0 Å². The third-order valence-corrected chi connectivity index (χ3v) is 5.28. The number of hydrogen-bond acceptors (Lipinski definition) is 4. The van der Waals surface area contributed by atoms with Crippen molar-refractivity contribution in [2.75, 3.05) is 24.9 Å². The highest BCUT2D eigenvalue weighted by Crippen LogP contribution is 2.39. The Balaban J connectivity index is 1.89. The van der Waals surface area contributed by atoms with Gasteiger partial charge in [0.25, 0.3) is 5.91 Å². The van der Waals surface area contributed by atoms with E-state index in [0.29, 0.717) is 4.47 Å². The summed E-state index contributed by atoms with van der Waals surface area (Å²) in [7, 11) is 2.77. The largest absolute Gasteiger partial charge is 0.495 e. The number of methoxy groups -OCH3 is 2. The summed E-state index contributed by atoms with van der Waals surface area (Å²) in [6.07, 6.45) is -3.28. The second-order valence-electron chi connectivity index (χ2n) is 6.67. The number of ether oxygens (including phenoxy) is 2. The van der Waals surface area contributed by atoms with Crippen molar-refractivity contribution >= 4 is 39.1 Å². The summed E-state index contributed by atoms with van der Waals surface area (Å²) >= 11 is 3.27. The van der Waals surface area contributed by atoms with Crippen LogP contribution in [-0.4, -0.2) is 26.0 Å². The quantitative estimate of drug-likeness (QED) is 0.596. The monoisotopic (exact) mass is 486 g/mol. The minimum absolute atomic E-state index is 0.0178. The normalized spacial score (nSPS) is 13.5. The first-order chi connectivity index (χ1) is 14.1. The zero-order valence-electron chi connectivity index (χ0n) is 16.0. The maximum absolute atomic E-state index is 13.6. The highest BCUT2D eigenvalue weighted by Gasteiger charge is 2.35. The van der Waals surface area contributed by atoms with Gasteiger partial charge in [-0.3, -0.25) is 9.59 Å². The molecule has 1 fully saturated rings. The first-order valence-corrected chi connectivity index (χ1v) is 9.68. The number of halogens is 4. The minimum Gasteiger partial charge on any atom is -0.495 e. The van der Waals surface area contributed by atoms with E-state index in [4.69, 9.17) is 9.47 Å². The number of rotatable bonds is 6. The number of amides is 2. The predicted octanol–water partition coefficient (Wildman–Crippen LogP) is 5.09. The first-order valence-electron chi connectivity index (χ1n) is 8.89. The Labute approximate surface area is 178 Å². The molecule has 2 aromatic carbocycles. The maximum Gasteiger partial charge on any atom is 0.418 e. The molecular formula is C20H18BrF3N2O4. The van der Waals surface area contributed by atoms with E-state index in [-0.39, 0.29) is 34.6 Å². The molecule has 1 aliphatic carbocycles. The van der Waals surface area contributed by atoms with Crippen LogP contribution >= 0.6 is 15.9 Å². The smallest absolute Gasteiger partial charge is 0.418 e. The lowest BCUT2D eigenvalue weighted by molar-refractivity contribution is -0.137. The summed E-state index contributed by atoms with van der Waals surface area (Å²) in [6.45, 7) is 0. The van der Waals surface area contributed by atoms with E-state index in [9.17, 15) is 22.8 Å². The third kappa shape index (κ3) is 4.86. The Morgan fingerprint density at radius 2 is 1.63 bits per heavy atom. The van der Waals surface area contributed by atoms with Crippen LogP contribution in [0.1, 0.15) is 28.8 Å². The van der Waals surface area contributed by atoms with Crippen LogP contribution in [0.4, 0.5) is 24.5 Å². The molecule has 1 aliphatic rings. The summed E-state index contributed by atoms with van der Waals surface area (Å²) in [5.74, 6) is -0.670. The highest BCUT2D eigenvalue weighted by molar-refractivity contribution is 9.10. The van der Waals surface area contributed by atoms with Gasteiger partial charge in [-0.05, 0) is 59.1 Å². The van der Waals surface area contributed by atoms with E-state index in [1.807, 2.05) is 0 Å². The van der Waals surface area contributed by atoms with Crippen LogP contribution in [-0.2, 0) is 11.0 Å². The highest BCUT2D eigenvalue weighted by atomic mass is 79.9. The topological polar surface area (TPSA) is 76.7 Å². The molecule has 0 atom stereocenters. The van der Waals surface area contributed by atoms with E-state index in [2.05, 4.69) is 26.6 Å². The van der Waals surface area contributed by atoms with E-state index >= 15 is 0 Å². The molecule has 0 bridgehead atoms. The zero-order valence-corrected chi connectivity index (χ0v) is 17.6. The summed E-state index contributed by atoms with van der Waals surface area (Å²) in [5.41, 5.74) is -1.44. The number of anilines is 2. The first kappa shape index (κ1) is 21.9. The fraction of sp³-hybridized carbons (Fsp3) is 0.300. The maximum atomic E-state index is 13.6. The molecule has 6 nitrogen and oxygen atoms in total. The average Bonchev–Trinajstić information content (AvgIpc) is 3.53. The van der Waals surface area contributed by atoms with Crippen molar-refractivity contribution in [2.45, 2.75) is 19.0 Å². The summed E-state index contributed by atoms with van der Waals surface area (Å²) < 4.78 is 51.5. The van der Waals surface area contributed by atoms with Crippen molar-refractivity contribution in [1.82, 2.24) is 0 Å². The second kappa shape index (κ2) is 8.55. The van der Waals surface area contributed by atoms with Gasteiger partial charge in [-0.25, -0.2) is 0 Å². The molecule has 0 aliphatic heterocycles. The van der Waals surface area contributed by atoms with Crippen LogP contribution in [0.5, 0.6) is 11.5 Å². The van der Waals surface area contributed by atoms with Crippen molar-refractivity contribution < 1.29 is 32.2 Å². The Morgan fingerprint density at radius 1 is 1.03 bits per heavy atom. The lowest BCUT2D eigenvalue weighted by Gasteiger charge is -2.16. The van der Waals surface area contributed by atoms with E-state index < -0.39 is 23.3 Å². The molecule has 0 heterocycles. The van der Waals surface area contributed by atoms with Crippen molar-refractivity contribution in [2.24, 2.45) is 5.92 Å². The van der Waals surface area contributed by atoms with E-state index in [1.165, 1.54) is 32.4 Å². The van der Waals surface area contributed by atoms with Gasteiger partial charge in [-0.1, -0.05) is 0 Å². The van der Waals surface area contributed by atoms with Crippen molar-refractivity contribution in [1.29, 1.82) is 0 Å². The Hall–Kier alpha value is -2.75. The molecule has 160 valence electrons. The number of alkyl halides is 3. The third-order valence-electron chi connectivity index (χ3n) is 4.50. The number of benzene rings is 2. The number of carbonyl (C=O) groups excluding carboxylic acids is 2. The van der Waals surface area contributed by atoms with Gasteiger partial charge in [0.1, 0.15) is 16.0 Å². The molecule has 2 aromatic rings. The van der Waals surface area contributed by atoms with E-state index in [1.54, 1.807) is 0 Å². The Kier molecular flexibility index (Phi) is 6.25. The van der Waals surface area contributed by atoms with Crippen LogP contribution in [0, 0.1) is 5.92 Å². The number of carbonyl (C=O) groups is 2. The molecule has 10 heteroatoms. The Bertz CT molecular complexity index is 965. The van der Waals surface area contributed by atoms with Crippen LogP contribution in [0.15, 0.2) is 34.8 Å². The van der Waals surface area contributed by atoms with Gasteiger partial charge >= 0.3 is 6.18 Å². The van der Waals surface area contributed by atoms with Gasteiger partial charge in [0, 0.05) is 17.2 Å². The van der Waals surface area contributed by atoms with Crippen LogP contribution in [0.2, 0.25) is 0 Å². The molecule has 0 unspecified atom stereocenters. The standard InChI is InChI=1S/C20H18BrF3N2O4/c1-29-15-7-11(8-16(30-2)17(15)21)19(28)26-14-6-5-12(9-13(14)20(22,23)24)25-18(27)10-3-4-10/h5-10H,3-4H2,1-2H3,(H,25,27)(H,26,28). The van der Waals surface area contributed by atoms with Crippen LogP contribution in [0.25, 0.3) is 0 Å². The van der Waals surface area contributed by atoms with Crippen LogP contribution < -0.4 is 20.1 Å². The second-order valence-corrected chi connectivity index (χ2v) is 7.46. The number of hydrogen-bond donors (Lipinski definition) is 2. The fourth-order valence-corrected chi connectivity index (χ4v) is 3.30. The van der Waals surface area contributed by atoms with Crippen molar-refractivity contribution in [3.63, 3.8) is 0 Å². The summed E-state index contributed by atoms with van der Waals surface area (Å²) in [5, 5.41) is 4.75. The molecule has 3 rings (SSSR count). The van der Waals surface area contributed by atoms with Crippen molar-refractivity contribution in [3.05, 3.63) is 45.9 Å². The summed E-state index contributed by atoms with van der Waals surface area (Å²) in [6, 6.07) is 5.97. The summed E-state index contributed by atoms with van der Waals surface area (Å²) in [4.78, 5) is 24.5. The van der Waals surface area contributed by atoms with Gasteiger partial charge in [0.2, 0.25) is 5.91 Å². The molecular weight excluding hydrogens is 469 g/mol. The molecule has 0 saturated heterocycles. The van der Waals surface area contributed by atoms with Gasteiger partial charge in [0.05, 0.1) is 25.5 Å². The zero-order chi connectivity index (χ0) is 22.1.